The Morgan fingerprint density at radius 3 is 2.82 bits per heavy atom. The predicted octanol–water partition coefficient (Wildman–Crippen LogP) is 1.50. The van der Waals surface area contributed by atoms with Gasteiger partial charge in [0.1, 0.15) is 17.3 Å². The second-order valence-corrected chi connectivity index (χ2v) is 3.32. The maximum Gasteiger partial charge on any atom is 0.363 e. The van der Waals surface area contributed by atoms with Crippen molar-refractivity contribution in [2.24, 2.45) is 0 Å². The van der Waals surface area contributed by atoms with E-state index in [9.17, 15) is 13.6 Å². The third-order valence-corrected chi connectivity index (χ3v) is 2.06. The summed E-state index contributed by atoms with van der Waals surface area (Å²) >= 11 is 0. The first-order valence-electron chi connectivity index (χ1n) is 4.71. The number of hydrogen-bond acceptors (Lipinski definition) is 4. The second kappa shape index (κ2) is 4.28. The maximum absolute atomic E-state index is 13.3. The number of halogens is 2. The monoisotopic (exact) mass is 238 g/mol. The van der Waals surface area contributed by atoms with Crippen LogP contribution in [0.4, 0.5) is 20.3 Å². The van der Waals surface area contributed by atoms with Gasteiger partial charge >= 0.3 is 5.69 Å². The van der Waals surface area contributed by atoms with E-state index in [0.717, 1.165) is 12.1 Å². The zero-order chi connectivity index (χ0) is 12.4. The minimum absolute atomic E-state index is 0.0226. The van der Waals surface area contributed by atoms with E-state index in [0.29, 0.717) is 5.69 Å². The fourth-order valence-corrected chi connectivity index (χ4v) is 1.23. The van der Waals surface area contributed by atoms with Crippen molar-refractivity contribution in [3.63, 3.8) is 0 Å². The van der Waals surface area contributed by atoms with Gasteiger partial charge in [0.25, 0.3) is 0 Å². The van der Waals surface area contributed by atoms with Crippen molar-refractivity contribution in [1.29, 1.82) is 0 Å². The number of anilines is 2. The smallest absolute Gasteiger partial charge is 0.336 e. The first-order chi connectivity index (χ1) is 8.06. The van der Waals surface area contributed by atoms with Gasteiger partial charge in [-0.15, -0.1) is 0 Å². The highest BCUT2D eigenvalue weighted by molar-refractivity contribution is 5.57. The van der Waals surface area contributed by atoms with E-state index in [1.807, 2.05) is 0 Å². The summed E-state index contributed by atoms with van der Waals surface area (Å²) in [6.07, 6.45) is 0. The molecule has 0 radical (unpaired) electrons. The minimum atomic E-state index is -0.772. The summed E-state index contributed by atoms with van der Waals surface area (Å²) in [7, 11) is 0. The molecule has 0 bridgehead atoms. The summed E-state index contributed by atoms with van der Waals surface area (Å²) in [6, 6.07) is 3.05. The molecule has 88 valence electrons. The fourth-order valence-electron chi connectivity index (χ4n) is 1.23. The Kier molecular flexibility index (Phi) is 2.82. The Bertz CT molecular complexity index is 611. The first-order valence-corrected chi connectivity index (χ1v) is 4.71. The van der Waals surface area contributed by atoms with Gasteiger partial charge in [-0.05, 0) is 19.1 Å². The molecule has 1 aromatic carbocycles. The van der Waals surface area contributed by atoms with Crippen LogP contribution < -0.4 is 11.0 Å². The van der Waals surface area contributed by atoms with E-state index in [4.69, 9.17) is 0 Å². The molecule has 0 fully saturated rings. The third kappa shape index (κ3) is 2.44. The lowest BCUT2D eigenvalue weighted by molar-refractivity contribution is 0.586. The van der Waals surface area contributed by atoms with Crippen LogP contribution in [0.3, 0.4) is 0 Å². The van der Waals surface area contributed by atoms with Crippen molar-refractivity contribution in [2.45, 2.75) is 6.92 Å². The molecular formula is C10H8F2N4O. The highest BCUT2D eigenvalue weighted by Gasteiger charge is 2.07. The van der Waals surface area contributed by atoms with Crippen LogP contribution in [-0.2, 0) is 0 Å². The van der Waals surface area contributed by atoms with E-state index in [1.54, 1.807) is 6.92 Å². The van der Waals surface area contributed by atoms with E-state index in [-0.39, 0.29) is 11.5 Å². The van der Waals surface area contributed by atoms with E-state index in [1.165, 1.54) is 6.07 Å². The lowest BCUT2D eigenvalue weighted by Gasteiger charge is -2.07. The fraction of sp³-hybridized carbons (Fsp3) is 0.100. The Labute approximate surface area is 94.5 Å². The number of aryl methyl sites for hydroxylation is 1. The summed E-state index contributed by atoms with van der Waals surface area (Å²) in [6.45, 7) is 1.59. The molecule has 1 heterocycles. The van der Waals surface area contributed by atoms with Crippen molar-refractivity contribution in [1.82, 2.24) is 15.2 Å². The Morgan fingerprint density at radius 1 is 1.35 bits per heavy atom. The molecule has 17 heavy (non-hydrogen) atoms. The Morgan fingerprint density at radius 2 is 2.12 bits per heavy atom. The molecule has 5 nitrogen and oxygen atoms in total. The molecule has 0 saturated carbocycles. The van der Waals surface area contributed by atoms with Crippen molar-refractivity contribution in [3.8, 4) is 0 Å². The first kappa shape index (κ1) is 11.2. The van der Waals surface area contributed by atoms with Crippen LogP contribution in [0.5, 0.6) is 0 Å². The quantitative estimate of drug-likeness (QED) is 0.831. The number of nitrogens with one attached hydrogen (secondary N) is 2. The number of aromatic nitrogens is 3. The summed E-state index contributed by atoms with van der Waals surface area (Å²) in [4.78, 5) is 14.5. The molecule has 0 aliphatic heterocycles. The van der Waals surface area contributed by atoms with E-state index >= 15 is 0 Å². The highest BCUT2D eigenvalue weighted by atomic mass is 19.1. The number of aromatic amines is 1. The van der Waals surface area contributed by atoms with Gasteiger partial charge in [0.05, 0.1) is 5.69 Å². The van der Waals surface area contributed by atoms with E-state index < -0.39 is 17.3 Å². The second-order valence-electron chi connectivity index (χ2n) is 3.32. The largest absolute Gasteiger partial charge is 0.363 e. The van der Waals surface area contributed by atoms with Crippen molar-refractivity contribution < 1.29 is 8.78 Å². The maximum atomic E-state index is 13.3. The van der Waals surface area contributed by atoms with Crippen molar-refractivity contribution in [3.05, 3.63) is 46.0 Å². The number of benzene rings is 1. The standard InChI is InChI=1S/C10H8F2N4O/c1-5-9(14-10(17)16-15-5)13-8-3-2-6(11)4-7(8)12/h2-4H,1H3,(H2,13,14,16,17). The summed E-state index contributed by atoms with van der Waals surface area (Å²) in [5, 5.41) is 8.38. The van der Waals surface area contributed by atoms with Gasteiger partial charge < -0.3 is 5.32 Å². The average Bonchev–Trinajstić information content (AvgIpc) is 2.27. The average molecular weight is 238 g/mol. The van der Waals surface area contributed by atoms with Crippen LogP contribution in [0.1, 0.15) is 5.69 Å². The summed E-state index contributed by atoms with van der Waals surface area (Å²) in [5.41, 5.74) is -0.233. The minimum Gasteiger partial charge on any atom is -0.336 e. The normalized spacial score (nSPS) is 10.3. The molecule has 0 saturated heterocycles. The van der Waals surface area contributed by atoms with Crippen LogP contribution >= 0.6 is 0 Å². The van der Waals surface area contributed by atoms with Gasteiger partial charge in [-0.3, -0.25) is 0 Å². The van der Waals surface area contributed by atoms with Crippen molar-refractivity contribution in [2.75, 3.05) is 5.32 Å². The van der Waals surface area contributed by atoms with Gasteiger partial charge in [-0.2, -0.15) is 10.1 Å². The van der Waals surface area contributed by atoms with Gasteiger partial charge in [0, 0.05) is 6.07 Å². The van der Waals surface area contributed by atoms with Crippen LogP contribution in [0.25, 0.3) is 0 Å². The van der Waals surface area contributed by atoms with Gasteiger partial charge in [0.15, 0.2) is 5.82 Å². The predicted molar refractivity (Wildman–Crippen MR) is 57.0 cm³/mol. The molecule has 0 aliphatic rings. The molecule has 0 amide bonds. The number of rotatable bonds is 2. The Hall–Kier alpha value is -2.31. The Balaban J connectivity index is 2.37. The van der Waals surface area contributed by atoms with Crippen LogP contribution in [0.15, 0.2) is 23.0 Å². The molecule has 1 aromatic heterocycles. The topological polar surface area (TPSA) is 70.7 Å². The molecular weight excluding hydrogens is 230 g/mol. The molecule has 2 aromatic rings. The molecule has 0 unspecified atom stereocenters. The van der Waals surface area contributed by atoms with Crippen molar-refractivity contribution >= 4 is 11.5 Å². The molecule has 7 heteroatoms. The zero-order valence-electron chi connectivity index (χ0n) is 8.79. The molecule has 0 aliphatic carbocycles. The SMILES string of the molecule is Cc1n[nH]c(=O)nc1Nc1ccc(F)cc1F. The molecule has 2 rings (SSSR count). The number of hydrogen-bond donors (Lipinski definition) is 2. The van der Waals surface area contributed by atoms with E-state index in [2.05, 4.69) is 20.5 Å². The van der Waals surface area contributed by atoms with Gasteiger partial charge in [0.2, 0.25) is 0 Å². The zero-order valence-corrected chi connectivity index (χ0v) is 8.79. The van der Waals surface area contributed by atoms with Crippen LogP contribution in [-0.4, -0.2) is 15.2 Å². The van der Waals surface area contributed by atoms with Crippen LogP contribution in [0, 0.1) is 18.6 Å². The lowest BCUT2D eigenvalue weighted by Crippen LogP contribution is -2.16. The summed E-state index contributed by atoms with van der Waals surface area (Å²) < 4.78 is 26.0. The third-order valence-electron chi connectivity index (χ3n) is 2.06. The number of nitrogens with zero attached hydrogens (tertiary/aromatic N) is 2. The highest BCUT2D eigenvalue weighted by Crippen LogP contribution is 2.19. The number of H-pyrrole nitrogens is 1. The molecule has 0 spiro atoms. The molecule has 2 N–H and O–H groups in total. The van der Waals surface area contributed by atoms with Gasteiger partial charge in [-0.1, -0.05) is 0 Å². The van der Waals surface area contributed by atoms with Crippen LogP contribution in [0.2, 0.25) is 0 Å². The lowest BCUT2D eigenvalue weighted by atomic mass is 10.3. The van der Waals surface area contributed by atoms with Gasteiger partial charge in [-0.25, -0.2) is 18.7 Å². The summed E-state index contributed by atoms with van der Waals surface area (Å²) in [5.74, 6) is -1.33. The molecule has 0 atom stereocenters.